The third-order valence-corrected chi connectivity index (χ3v) is 2.93. The van der Waals surface area contributed by atoms with E-state index in [9.17, 15) is 19.7 Å². The number of non-ortho nitro benzene ring substituents is 1. The molecule has 1 aromatic rings. The number of nitrogens with zero attached hydrogens (tertiary/aromatic N) is 1. The molecule has 0 saturated heterocycles. The first-order valence-corrected chi connectivity index (χ1v) is 7.13. The smallest absolute Gasteiger partial charge is 0.341 e. The summed E-state index contributed by atoms with van der Waals surface area (Å²) >= 11 is 0. The normalized spacial score (nSPS) is 11.2. The number of nitrogens with one attached hydrogen (secondary N) is 2. The van der Waals surface area contributed by atoms with Crippen molar-refractivity contribution >= 4 is 23.3 Å². The standard InChI is InChI=1S/C15H19N3O6/c1-3-6-17-14(20)10(2)24-15(21)12-9-11(18(22)23)4-5-13(12)16-7-8-19/h3-5,9-10,16,19H,1,6-8H2,2H3,(H,17,20)/t10-/m1/s1. The van der Waals surface area contributed by atoms with Crippen LogP contribution in [0.5, 0.6) is 0 Å². The molecular formula is C15H19N3O6. The second-order valence-corrected chi connectivity index (χ2v) is 4.72. The lowest BCUT2D eigenvalue weighted by molar-refractivity contribution is -0.384. The van der Waals surface area contributed by atoms with Crippen LogP contribution in [0.1, 0.15) is 17.3 Å². The first-order chi connectivity index (χ1) is 11.4. The van der Waals surface area contributed by atoms with Gasteiger partial charge in [-0.2, -0.15) is 0 Å². The van der Waals surface area contributed by atoms with Gasteiger partial charge in [-0.3, -0.25) is 14.9 Å². The van der Waals surface area contributed by atoms with Crippen LogP contribution in [-0.2, 0) is 9.53 Å². The summed E-state index contributed by atoms with van der Waals surface area (Å²) in [4.78, 5) is 34.2. The summed E-state index contributed by atoms with van der Waals surface area (Å²) in [5.41, 5.74) is -0.125. The number of amides is 1. The van der Waals surface area contributed by atoms with Gasteiger partial charge in [0, 0.05) is 30.9 Å². The SMILES string of the molecule is C=CCNC(=O)[C@@H](C)OC(=O)c1cc([N+](=O)[O-])ccc1NCCO. The summed E-state index contributed by atoms with van der Waals surface area (Å²) in [5.74, 6) is -1.40. The van der Waals surface area contributed by atoms with Gasteiger partial charge in [-0.1, -0.05) is 6.08 Å². The van der Waals surface area contributed by atoms with E-state index in [4.69, 9.17) is 9.84 Å². The van der Waals surface area contributed by atoms with Crippen molar-refractivity contribution in [2.24, 2.45) is 0 Å². The number of carbonyl (C=O) groups is 2. The number of nitro groups is 1. The third kappa shape index (κ3) is 5.36. The molecule has 9 heteroatoms. The van der Waals surface area contributed by atoms with E-state index >= 15 is 0 Å². The molecule has 0 heterocycles. The molecule has 9 nitrogen and oxygen atoms in total. The van der Waals surface area contributed by atoms with Crippen LogP contribution in [0.3, 0.4) is 0 Å². The van der Waals surface area contributed by atoms with Crippen molar-refractivity contribution in [2.75, 3.05) is 25.0 Å². The van der Waals surface area contributed by atoms with Crippen LogP contribution in [0.2, 0.25) is 0 Å². The molecule has 1 rings (SSSR count). The number of hydrogen-bond acceptors (Lipinski definition) is 7. The minimum absolute atomic E-state index is 0.0963. The molecule has 0 aliphatic heterocycles. The third-order valence-electron chi connectivity index (χ3n) is 2.93. The highest BCUT2D eigenvalue weighted by atomic mass is 16.6. The van der Waals surface area contributed by atoms with Gasteiger partial charge in [0.1, 0.15) is 0 Å². The van der Waals surface area contributed by atoms with Crippen molar-refractivity contribution < 1.29 is 24.4 Å². The maximum Gasteiger partial charge on any atom is 0.341 e. The van der Waals surface area contributed by atoms with Crippen LogP contribution in [-0.4, -0.2) is 47.7 Å². The number of aliphatic hydroxyl groups is 1. The topological polar surface area (TPSA) is 131 Å². The molecule has 0 saturated carbocycles. The van der Waals surface area contributed by atoms with E-state index in [2.05, 4.69) is 17.2 Å². The highest BCUT2D eigenvalue weighted by molar-refractivity contribution is 5.98. The minimum Gasteiger partial charge on any atom is -0.449 e. The molecule has 0 aromatic heterocycles. The Hall–Kier alpha value is -2.94. The molecule has 0 bridgehead atoms. The zero-order chi connectivity index (χ0) is 18.1. The Labute approximate surface area is 138 Å². The Bertz CT molecular complexity index is 632. The van der Waals surface area contributed by atoms with Gasteiger partial charge in [-0.25, -0.2) is 4.79 Å². The van der Waals surface area contributed by atoms with Crippen LogP contribution in [0.15, 0.2) is 30.9 Å². The Kier molecular flexibility index (Phi) is 7.37. The second-order valence-electron chi connectivity index (χ2n) is 4.72. The summed E-state index contributed by atoms with van der Waals surface area (Å²) in [6.45, 7) is 5.02. The number of benzene rings is 1. The van der Waals surface area contributed by atoms with Gasteiger partial charge in [-0.15, -0.1) is 6.58 Å². The average Bonchev–Trinajstić information content (AvgIpc) is 2.57. The van der Waals surface area contributed by atoms with Crippen LogP contribution in [0.4, 0.5) is 11.4 Å². The predicted octanol–water partition coefficient (Wildman–Crippen LogP) is 0.846. The second kappa shape index (κ2) is 9.26. The Morgan fingerprint density at radius 2 is 2.21 bits per heavy atom. The molecule has 24 heavy (non-hydrogen) atoms. The number of anilines is 1. The molecule has 0 unspecified atom stereocenters. The first-order valence-electron chi connectivity index (χ1n) is 7.13. The fourth-order valence-electron chi connectivity index (χ4n) is 1.75. The molecule has 0 fully saturated rings. The monoisotopic (exact) mass is 337 g/mol. The molecule has 0 spiro atoms. The molecule has 1 atom stereocenters. The predicted molar refractivity (Wildman–Crippen MR) is 86.8 cm³/mol. The quantitative estimate of drug-likeness (QED) is 0.263. The van der Waals surface area contributed by atoms with Gasteiger partial charge in [0.25, 0.3) is 11.6 Å². The molecule has 3 N–H and O–H groups in total. The van der Waals surface area contributed by atoms with E-state index in [-0.39, 0.29) is 36.6 Å². The maximum atomic E-state index is 12.2. The lowest BCUT2D eigenvalue weighted by atomic mass is 10.1. The number of hydrogen-bond donors (Lipinski definition) is 3. The van der Waals surface area contributed by atoms with Crippen molar-refractivity contribution in [3.63, 3.8) is 0 Å². The lowest BCUT2D eigenvalue weighted by Crippen LogP contribution is -2.36. The number of aliphatic hydroxyl groups excluding tert-OH is 1. The Balaban J connectivity index is 2.97. The Morgan fingerprint density at radius 1 is 1.50 bits per heavy atom. The van der Waals surface area contributed by atoms with E-state index in [0.717, 1.165) is 6.07 Å². The zero-order valence-electron chi connectivity index (χ0n) is 13.2. The van der Waals surface area contributed by atoms with Crippen molar-refractivity contribution in [3.05, 3.63) is 46.5 Å². The van der Waals surface area contributed by atoms with Crippen LogP contribution < -0.4 is 10.6 Å². The molecule has 130 valence electrons. The van der Waals surface area contributed by atoms with Crippen LogP contribution in [0, 0.1) is 10.1 Å². The maximum absolute atomic E-state index is 12.2. The van der Waals surface area contributed by atoms with E-state index in [0.29, 0.717) is 0 Å². The van der Waals surface area contributed by atoms with Gasteiger partial charge in [0.15, 0.2) is 6.10 Å². The number of esters is 1. The zero-order valence-corrected chi connectivity index (χ0v) is 13.2. The Morgan fingerprint density at radius 3 is 2.79 bits per heavy atom. The van der Waals surface area contributed by atoms with E-state index in [1.807, 2.05) is 0 Å². The van der Waals surface area contributed by atoms with Gasteiger partial charge < -0.3 is 20.5 Å². The minimum atomic E-state index is -1.08. The fraction of sp³-hybridized carbons (Fsp3) is 0.333. The average molecular weight is 337 g/mol. The molecule has 1 amide bonds. The summed E-state index contributed by atoms with van der Waals surface area (Å²) in [6.07, 6.45) is 0.395. The molecule has 0 aliphatic rings. The van der Waals surface area contributed by atoms with Crippen molar-refractivity contribution in [3.8, 4) is 0 Å². The first kappa shape index (κ1) is 19.1. The molecule has 0 aliphatic carbocycles. The lowest BCUT2D eigenvalue weighted by Gasteiger charge is -2.15. The molecular weight excluding hydrogens is 318 g/mol. The summed E-state index contributed by atoms with van der Waals surface area (Å²) in [6, 6.07) is 3.61. The van der Waals surface area contributed by atoms with Gasteiger partial charge in [0.05, 0.1) is 17.1 Å². The summed E-state index contributed by atoms with van der Waals surface area (Å²) in [7, 11) is 0. The number of nitro benzene ring substituents is 1. The molecule has 0 radical (unpaired) electrons. The number of carbonyl (C=O) groups excluding carboxylic acids is 2. The van der Waals surface area contributed by atoms with E-state index in [1.54, 1.807) is 0 Å². The van der Waals surface area contributed by atoms with Crippen LogP contribution in [0.25, 0.3) is 0 Å². The molecule has 1 aromatic carbocycles. The van der Waals surface area contributed by atoms with E-state index < -0.39 is 22.9 Å². The highest BCUT2D eigenvalue weighted by Gasteiger charge is 2.22. The largest absolute Gasteiger partial charge is 0.449 e. The van der Waals surface area contributed by atoms with Crippen LogP contribution >= 0.6 is 0 Å². The fourth-order valence-corrected chi connectivity index (χ4v) is 1.75. The number of ether oxygens (including phenoxy) is 1. The van der Waals surface area contributed by atoms with Crippen molar-refractivity contribution in [1.29, 1.82) is 0 Å². The van der Waals surface area contributed by atoms with Gasteiger partial charge >= 0.3 is 5.97 Å². The highest BCUT2D eigenvalue weighted by Crippen LogP contribution is 2.23. The number of rotatable bonds is 9. The van der Waals surface area contributed by atoms with Crippen molar-refractivity contribution in [2.45, 2.75) is 13.0 Å². The summed E-state index contributed by atoms with van der Waals surface area (Å²) < 4.78 is 5.04. The van der Waals surface area contributed by atoms with E-state index in [1.165, 1.54) is 25.1 Å². The van der Waals surface area contributed by atoms with Crippen molar-refractivity contribution in [1.82, 2.24) is 5.32 Å². The summed E-state index contributed by atoms with van der Waals surface area (Å²) in [5, 5.41) is 25.0. The van der Waals surface area contributed by atoms with Gasteiger partial charge in [-0.05, 0) is 13.0 Å². The van der Waals surface area contributed by atoms with Gasteiger partial charge in [0.2, 0.25) is 0 Å².